The number of rotatable bonds is 9. The van der Waals surface area contributed by atoms with Crippen molar-refractivity contribution in [2.45, 2.75) is 102 Å². The topological polar surface area (TPSA) is 116 Å². The van der Waals surface area contributed by atoms with E-state index < -0.39 is 47.0 Å². The molecular weight excluding hydrogens is 620 g/mol. The molecule has 0 aromatic carbocycles. The number of pyridine rings is 1. The van der Waals surface area contributed by atoms with Crippen LogP contribution < -0.4 is 5.32 Å². The second-order valence-corrected chi connectivity index (χ2v) is 13.3. The summed E-state index contributed by atoms with van der Waals surface area (Å²) in [5.74, 6) is -1.13. The maximum Gasteiger partial charge on any atom is 0.431 e. The van der Waals surface area contributed by atoms with E-state index in [1.54, 1.807) is 13.8 Å². The Kier molecular flexibility index (Phi) is 11.3. The highest BCUT2D eigenvalue weighted by Gasteiger charge is 2.47. The van der Waals surface area contributed by atoms with E-state index in [4.69, 9.17) is 33.3 Å². The van der Waals surface area contributed by atoms with Crippen molar-refractivity contribution in [1.29, 1.82) is 5.41 Å². The number of nitrogens with one attached hydrogen (secondary N) is 2. The van der Waals surface area contributed by atoms with Gasteiger partial charge in [0.15, 0.2) is 0 Å². The van der Waals surface area contributed by atoms with Gasteiger partial charge in [-0.15, -0.1) is 0 Å². The molecule has 4 rings (SSSR count). The Labute approximate surface area is 266 Å². The largest absolute Gasteiger partial charge is 0.466 e. The number of aliphatic hydroxyl groups is 1. The number of nitrogens with zero attached hydrogens (tertiary/aromatic N) is 2. The average molecular weight is 662 g/mol. The van der Waals surface area contributed by atoms with Crippen molar-refractivity contribution in [1.82, 2.24) is 15.2 Å². The fourth-order valence-electron chi connectivity index (χ4n) is 7.10. The molecule has 13 heteroatoms. The molecular formula is C31H41Cl2F3N4O4. The predicted octanol–water partition coefficient (Wildman–Crippen LogP) is 6.79. The minimum atomic E-state index is -4.96. The molecule has 2 saturated carbocycles. The monoisotopic (exact) mass is 660 g/mol. The Hall–Kier alpha value is -2.37. The molecule has 2 unspecified atom stereocenters. The number of carbonyl (C=O) groups excluding carboxylic acids is 2. The number of hydrogen-bond donors (Lipinski definition) is 3. The summed E-state index contributed by atoms with van der Waals surface area (Å²) in [5.41, 5.74) is -2.75. The van der Waals surface area contributed by atoms with Crippen LogP contribution in [0.1, 0.15) is 89.7 Å². The van der Waals surface area contributed by atoms with E-state index in [1.807, 2.05) is 0 Å². The van der Waals surface area contributed by atoms with Gasteiger partial charge in [-0.2, -0.15) is 13.2 Å². The van der Waals surface area contributed by atoms with Gasteiger partial charge in [0, 0.05) is 36.8 Å². The number of likely N-dealkylation sites (tertiary alicyclic amines) is 1. The van der Waals surface area contributed by atoms with Gasteiger partial charge in [0.25, 0.3) is 5.91 Å². The molecule has 2 heterocycles. The second-order valence-electron chi connectivity index (χ2n) is 12.5. The molecule has 1 aliphatic heterocycles. The maximum absolute atomic E-state index is 14.6. The Balaban J connectivity index is 1.64. The van der Waals surface area contributed by atoms with E-state index in [1.165, 1.54) is 17.3 Å². The van der Waals surface area contributed by atoms with Crippen LogP contribution in [-0.2, 0) is 14.3 Å². The minimum Gasteiger partial charge on any atom is -0.466 e. The third-order valence-electron chi connectivity index (χ3n) is 9.64. The van der Waals surface area contributed by atoms with Crippen molar-refractivity contribution in [2.75, 3.05) is 13.2 Å². The van der Waals surface area contributed by atoms with Gasteiger partial charge >= 0.3 is 12.1 Å². The standard InChI is InChI=1S/C31H41Cl2F3N4O4/c1-3-44-29(43)30(2)11-9-20(10-12-30)39-27(31(34,35)36)21(14-37)28(42)40-17-19(18-7-5-4-6-8-18)13-24(40)26(41)25-22(32)15-38-16-23(25)33/h14-16,18-20,24,26,37,39,41H,3-13,17H2,1-2H3/b27-21+,37-14?/t19-,20-,24?,26?,30-/m1/s1. The average Bonchev–Trinajstić information content (AvgIpc) is 3.44. The molecule has 3 fully saturated rings. The molecule has 0 bridgehead atoms. The zero-order valence-electron chi connectivity index (χ0n) is 25.1. The normalized spacial score (nSPS) is 27.8. The Morgan fingerprint density at radius 3 is 2.32 bits per heavy atom. The van der Waals surface area contributed by atoms with Crippen molar-refractivity contribution >= 4 is 41.3 Å². The summed E-state index contributed by atoms with van der Waals surface area (Å²) in [6.07, 6.45) is 3.32. The van der Waals surface area contributed by atoms with E-state index in [0.717, 1.165) is 32.1 Å². The highest BCUT2D eigenvalue weighted by Crippen LogP contribution is 2.44. The molecule has 3 aliphatic rings. The van der Waals surface area contributed by atoms with Gasteiger partial charge < -0.3 is 25.5 Å². The number of esters is 1. The first kappa shape index (κ1) is 34.5. The Morgan fingerprint density at radius 2 is 1.77 bits per heavy atom. The fourth-order valence-corrected chi connectivity index (χ4v) is 7.69. The summed E-state index contributed by atoms with van der Waals surface area (Å²) in [4.78, 5) is 31.6. The van der Waals surface area contributed by atoms with Gasteiger partial charge in [0.2, 0.25) is 0 Å². The zero-order chi connectivity index (χ0) is 32.2. The molecule has 0 spiro atoms. The van der Waals surface area contributed by atoms with Crippen LogP contribution in [0.4, 0.5) is 13.2 Å². The number of allylic oxidation sites excluding steroid dienone is 1. The molecule has 1 aromatic heterocycles. The zero-order valence-corrected chi connectivity index (χ0v) is 26.6. The molecule has 1 saturated heterocycles. The number of ether oxygens (including phenoxy) is 1. The summed E-state index contributed by atoms with van der Waals surface area (Å²) in [5, 5.41) is 22.2. The lowest BCUT2D eigenvalue weighted by molar-refractivity contribution is -0.156. The smallest absolute Gasteiger partial charge is 0.431 e. The SMILES string of the molecule is CCOC(=O)[C@]1(C)CC[C@@H](N/C(=C(\C=N)C(=O)N2C[C@H](C3CCCCC3)CC2C(O)c2c(Cl)cncc2Cl)C(F)(F)F)CC1. The van der Waals surface area contributed by atoms with Crippen LogP contribution in [0.15, 0.2) is 23.7 Å². The van der Waals surface area contributed by atoms with Gasteiger partial charge in [-0.05, 0) is 57.8 Å². The van der Waals surface area contributed by atoms with Gasteiger partial charge in [-0.1, -0.05) is 55.3 Å². The van der Waals surface area contributed by atoms with Crippen LogP contribution >= 0.6 is 23.2 Å². The molecule has 0 radical (unpaired) electrons. The first-order valence-corrected chi connectivity index (χ1v) is 16.1. The second kappa shape index (κ2) is 14.4. The summed E-state index contributed by atoms with van der Waals surface area (Å²) in [6, 6.07) is -1.57. The van der Waals surface area contributed by atoms with E-state index in [9.17, 15) is 27.9 Å². The first-order chi connectivity index (χ1) is 20.8. The fraction of sp³-hybridized carbons (Fsp3) is 0.677. The van der Waals surface area contributed by atoms with Crippen LogP contribution in [0.2, 0.25) is 10.0 Å². The van der Waals surface area contributed by atoms with Crippen molar-refractivity contribution in [3.8, 4) is 0 Å². The van der Waals surface area contributed by atoms with Crippen molar-refractivity contribution in [2.24, 2.45) is 17.3 Å². The van der Waals surface area contributed by atoms with Crippen LogP contribution in [-0.4, -0.2) is 64.5 Å². The molecule has 3 atom stereocenters. The molecule has 1 aromatic rings. The lowest BCUT2D eigenvalue weighted by Gasteiger charge is -2.37. The number of carbonyl (C=O) groups is 2. The molecule has 3 N–H and O–H groups in total. The van der Waals surface area contributed by atoms with E-state index >= 15 is 0 Å². The van der Waals surface area contributed by atoms with Crippen molar-refractivity contribution in [3.63, 3.8) is 0 Å². The van der Waals surface area contributed by atoms with Gasteiger partial charge in [0.05, 0.1) is 33.7 Å². The van der Waals surface area contributed by atoms with E-state index in [2.05, 4.69) is 10.3 Å². The van der Waals surface area contributed by atoms with Gasteiger partial charge in [0.1, 0.15) is 11.8 Å². The quantitative estimate of drug-likeness (QED) is 0.153. The number of aromatic nitrogens is 1. The van der Waals surface area contributed by atoms with Crippen molar-refractivity contribution < 1.29 is 32.6 Å². The number of halogens is 5. The first-order valence-electron chi connectivity index (χ1n) is 15.3. The molecule has 8 nitrogen and oxygen atoms in total. The summed E-state index contributed by atoms with van der Waals surface area (Å²) in [7, 11) is 0. The Bertz CT molecular complexity index is 1230. The van der Waals surface area contributed by atoms with E-state index in [-0.39, 0.29) is 59.4 Å². The third kappa shape index (κ3) is 7.53. The number of amides is 1. The Morgan fingerprint density at radius 1 is 1.16 bits per heavy atom. The van der Waals surface area contributed by atoms with Crippen molar-refractivity contribution in [3.05, 3.63) is 39.3 Å². The summed E-state index contributed by atoms with van der Waals surface area (Å²) < 4.78 is 48.9. The van der Waals surface area contributed by atoms with Crippen LogP contribution in [0.3, 0.4) is 0 Å². The number of aliphatic hydroxyl groups excluding tert-OH is 1. The number of alkyl halides is 3. The van der Waals surface area contributed by atoms with Gasteiger partial charge in [-0.3, -0.25) is 14.6 Å². The van der Waals surface area contributed by atoms with Crippen LogP contribution in [0.5, 0.6) is 0 Å². The molecule has 44 heavy (non-hydrogen) atoms. The van der Waals surface area contributed by atoms with Gasteiger partial charge in [-0.25, -0.2) is 0 Å². The molecule has 244 valence electrons. The van der Waals surface area contributed by atoms with Crippen LogP contribution in [0, 0.1) is 22.7 Å². The summed E-state index contributed by atoms with van der Waals surface area (Å²) in [6.45, 7) is 3.81. The highest BCUT2D eigenvalue weighted by molar-refractivity contribution is 6.35. The predicted molar refractivity (Wildman–Crippen MR) is 161 cm³/mol. The lowest BCUT2D eigenvalue weighted by Crippen LogP contribution is -2.45. The molecule has 2 aliphatic carbocycles. The maximum atomic E-state index is 14.6. The number of hydrogen-bond acceptors (Lipinski definition) is 7. The molecule has 1 amide bonds. The minimum absolute atomic E-state index is 0.0357. The lowest BCUT2D eigenvalue weighted by atomic mass is 9.74. The van der Waals surface area contributed by atoms with Crippen LogP contribution in [0.25, 0.3) is 0 Å². The third-order valence-corrected chi connectivity index (χ3v) is 10.2. The summed E-state index contributed by atoms with van der Waals surface area (Å²) >= 11 is 12.7. The highest BCUT2D eigenvalue weighted by atomic mass is 35.5. The van der Waals surface area contributed by atoms with E-state index in [0.29, 0.717) is 25.5 Å².